The van der Waals surface area contributed by atoms with E-state index >= 15 is 0 Å². The highest BCUT2D eigenvalue weighted by molar-refractivity contribution is 6.21. The fraction of sp³-hybridized carbons (Fsp3) is 0.412. The summed E-state index contributed by atoms with van der Waals surface area (Å²) in [4.78, 5) is 50.0. The summed E-state index contributed by atoms with van der Waals surface area (Å²) < 4.78 is 0. The van der Waals surface area contributed by atoms with Gasteiger partial charge in [-0.15, -0.1) is 0 Å². The standard InChI is InChI=1S/C17H19N3O5/c1-19-15(22)12-5-4-11(7-13(12)16(19)23)18-14(21)9-20-6-2-3-10(8-20)17(24)25/h4-5,7,10H,2-3,6,8-9H2,1H3,(H,18,21)(H,24,25). The molecule has 25 heavy (non-hydrogen) atoms. The van der Waals surface area contributed by atoms with Gasteiger partial charge >= 0.3 is 5.97 Å². The lowest BCUT2D eigenvalue weighted by molar-refractivity contribution is -0.144. The molecule has 0 aromatic heterocycles. The Balaban J connectivity index is 1.63. The highest BCUT2D eigenvalue weighted by Gasteiger charge is 2.33. The predicted molar refractivity (Wildman–Crippen MR) is 88.3 cm³/mol. The Morgan fingerprint density at radius 2 is 1.96 bits per heavy atom. The maximum absolute atomic E-state index is 12.2. The van der Waals surface area contributed by atoms with Crippen molar-refractivity contribution in [3.8, 4) is 0 Å². The number of imide groups is 1. The van der Waals surface area contributed by atoms with Crippen molar-refractivity contribution in [2.75, 3.05) is 32.0 Å². The number of carboxylic acids is 1. The first kappa shape index (κ1) is 17.1. The summed E-state index contributed by atoms with van der Waals surface area (Å²) in [6.45, 7) is 1.12. The largest absolute Gasteiger partial charge is 0.481 e. The number of rotatable bonds is 4. The van der Waals surface area contributed by atoms with Crippen LogP contribution in [0.3, 0.4) is 0 Å². The van der Waals surface area contributed by atoms with E-state index in [1.54, 1.807) is 6.07 Å². The second-order valence-electron chi connectivity index (χ2n) is 6.39. The Morgan fingerprint density at radius 1 is 1.24 bits per heavy atom. The van der Waals surface area contributed by atoms with Gasteiger partial charge in [-0.25, -0.2) is 0 Å². The highest BCUT2D eigenvalue weighted by Crippen LogP contribution is 2.25. The van der Waals surface area contributed by atoms with Gasteiger partial charge in [-0.3, -0.25) is 29.0 Å². The van der Waals surface area contributed by atoms with Crippen LogP contribution in [0.5, 0.6) is 0 Å². The van der Waals surface area contributed by atoms with Gasteiger partial charge in [0.15, 0.2) is 0 Å². The van der Waals surface area contributed by atoms with Crippen LogP contribution in [-0.2, 0) is 9.59 Å². The topological polar surface area (TPSA) is 107 Å². The van der Waals surface area contributed by atoms with Crippen molar-refractivity contribution in [2.24, 2.45) is 5.92 Å². The Bertz CT molecular complexity index is 761. The van der Waals surface area contributed by atoms with E-state index in [1.165, 1.54) is 19.2 Å². The number of hydrogen-bond acceptors (Lipinski definition) is 5. The summed E-state index contributed by atoms with van der Waals surface area (Å²) in [7, 11) is 1.41. The van der Waals surface area contributed by atoms with E-state index in [1.807, 2.05) is 4.90 Å². The predicted octanol–water partition coefficient (Wildman–Crippen LogP) is 0.647. The molecular weight excluding hydrogens is 326 g/mol. The Hall–Kier alpha value is -2.74. The third-order valence-corrected chi connectivity index (χ3v) is 4.60. The van der Waals surface area contributed by atoms with Crippen molar-refractivity contribution in [1.82, 2.24) is 9.80 Å². The summed E-state index contributed by atoms with van der Waals surface area (Å²) in [5.74, 6) is -2.31. The molecule has 8 nitrogen and oxygen atoms in total. The number of anilines is 1. The zero-order chi connectivity index (χ0) is 18.1. The first-order chi connectivity index (χ1) is 11.9. The molecule has 1 aromatic rings. The average molecular weight is 345 g/mol. The molecule has 3 rings (SSSR count). The SMILES string of the molecule is CN1C(=O)c2ccc(NC(=O)CN3CCCC(C(=O)O)C3)cc2C1=O. The van der Waals surface area contributed by atoms with E-state index in [0.717, 1.165) is 11.3 Å². The highest BCUT2D eigenvalue weighted by atomic mass is 16.4. The molecule has 0 bridgehead atoms. The number of aliphatic carboxylic acids is 1. The van der Waals surface area contributed by atoms with E-state index < -0.39 is 17.8 Å². The summed E-state index contributed by atoms with van der Waals surface area (Å²) in [5.41, 5.74) is 1.03. The fourth-order valence-electron chi connectivity index (χ4n) is 3.24. The summed E-state index contributed by atoms with van der Waals surface area (Å²) >= 11 is 0. The molecule has 3 amide bonds. The van der Waals surface area contributed by atoms with E-state index in [4.69, 9.17) is 5.11 Å². The second-order valence-corrected chi connectivity index (χ2v) is 6.39. The quantitative estimate of drug-likeness (QED) is 0.776. The lowest BCUT2D eigenvalue weighted by Crippen LogP contribution is -2.42. The molecule has 2 heterocycles. The summed E-state index contributed by atoms with van der Waals surface area (Å²) in [6, 6.07) is 4.60. The minimum atomic E-state index is -0.837. The molecule has 2 aliphatic heterocycles. The number of nitrogens with zero attached hydrogens (tertiary/aromatic N) is 2. The van der Waals surface area contributed by atoms with Crippen LogP contribution in [0.25, 0.3) is 0 Å². The molecule has 0 spiro atoms. The zero-order valence-electron chi connectivity index (χ0n) is 13.8. The molecule has 1 atom stereocenters. The number of carbonyl (C=O) groups is 4. The first-order valence-electron chi connectivity index (χ1n) is 8.08. The minimum absolute atomic E-state index is 0.0909. The lowest BCUT2D eigenvalue weighted by atomic mass is 9.98. The minimum Gasteiger partial charge on any atom is -0.481 e. The van der Waals surface area contributed by atoms with Crippen LogP contribution in [-0.4, -0.2) is 65.3 Å². The fourth-order valence-corrected chi connectivity index (χ4v) is 3.24. The second kappa shape index (κ2) is 6.64. The maximum atomic E-state index is 12.2. The Kier molecular flexibility index (Phi) is 4.54. The number of piperidine rings is 1. The van der Waals surface area contributed by atoms with Crippen LogP contribution in [0.2, 0.25) is 0 Å². The third-order valence-electron chi connectivity index (χ3n) is 4.60. The molecule has 0 radical (unpaired) electrons. The van der Waals surface area contributed by atoms with E-state index in [9.17, 15) is 19.2 Å². The summed E-state index contributed by atoms with van der Waals surface area (Å²) in [5, 5.41) is 11.8. The molecule has 1 unspecified atom stereocenters. The Labute approximate surface area is 144 Å². The van der Waals surface area contributed by atoms with E-state index in [0.29, 0.717) is 30.8 Å². The van der Waals surface area contributed by atoms with Gasteiger partial charge in [0, 0.05) is 19.3 Å². The number of nitrogens with one attached hydrogen (secondary N) is 1. The molecule has 2 N–H and O–H groups in total. The monoisotopic (exact) mass is 345 g/mol. The molecule has 132 valence electrons. The van der Waals surface area contributed by atoms with Gasteiger partial charge < -0.3 is 10.4 Å². The van der Waals surface area contributed by atoms with Crippen LogP contribution < -0.4 is 5.32 Å². The molecule has 0 aliphatic carbocycles. The zero-order valence-corrected chi connectivity index (χ0v) is 13.8. The van der Waals surface area contributed by atoms with E-state index in [2.05, 4.69) is 5.32 Å². The van der Waals surface area contributed by atoms with Gasteiger partial charge in [0.2, 0.25) is 5.91 Å². The van der Waals surface area contributed by atoms with Gasteiger partial charge in [0.25, 0.3) is 11.8 Å². The Morgan fingerprint density at radius 3 is 2.68 bits per heavy atom. The van der Waals surface area contributed by atoms with Crippen molar-refractivity contribution < 1.29 is 24.3 Å². The first-order valence-corrected chi connectivity index (χ1v) is 8.08. The van der Waals surface area contributed by atoms with Crippen LogP contribution in [0.15, 0.2) is 18.2 Å². The molecule has 8 heteroatoms. The van der Waals surface area contributed by atoms with Crippen molar-refractivity contribution in [1.29, 1.82) is 0 Å². The van der Waals surface area contributed by atoms with Crippen molar-refractivity contribution >= 4 is 29.4 Å². The van der Waals surface area contributed by atoms with Crippen molar-refractivity contribution in [2.45, 2.75) is 12.8 Å². The van der Waals surface area contributed by atoms with E-state index in [-0.39, 0.29) is 23.9 Å². The van der Waals surface area contributed by atoms with Crippen LogP contribution in [0.4, 0.5) is 5.69 Å². The lowest BCUT2D eigenvalue weighted by Gasteiger charge is -2.29. The molecule has 1 aromatic carbocycles. The number of likely N-dealkylation sites (tertiary alicyclic amines) is 1. The third kappa shape index (κ3) is 3.39. The molecular formula is C17H19N3O5. The number of fused-ring (bicyclic) bond motifs is 1. The normalized spacial score (nSPS) is 20.5. The molecule has 0 saturated carbocycles. The molecule has 1 fully saturated rings. The summed E-state index contributed by atoms with van der Waals surface area (Å²) in [6.07, 6.45) is 1.37. The van der Waals surface area contributed by atoms with Crippen LogP contribution >= 0.6 is 0 Å². The molecule has 2 aliphatic rings. The molecule has 1 saturated heterocycles. The van der Waals surface area contributed by atoms with Gasteiger partial charge in [-0.05, 0) is 37.6 Å². The number of amides is 3. The number of benzene rings is 1. The number of hydrogen-bond donors (Lipinski definition) is 2. The van der Waals surface area contributed by atoms with Gasteiger partial charge in [-0.1, -0.05) is 0 Å². The van der Waals surface area contributed by atoms with Crippen molar-refractivity contribution in [3.05, 3.63) is 29.3 Å². The van der Waals surface area contributed by atoms with Gasteiger partial charge in [0.1, 0.15) is 0 Å². The maximum Gasteiger partial charge on any atom is 0.307 e. The number of carboxylic acid groups (broad SMARTS) is 1. The van der Waals surface area contributed by atoms with Crippen molar-refractivity contribution in [3.63, 3.8) is 0 Å². The van der Waals surface area contributed by atoms with Crippen LogP contribution in [0, 0.1) is 5.92 Å². The van der Waals surface area contributed by atoms with Crippen LogP contribution in [0.1, 0.15) is 33.6 Å². The van der Waals surface area contributed by atoms with Gasteiger partial charge in [0.05, 0.1) is 23.6 Å². The number of carbonyl (C=O) groups excluding carboxylic acids is 3. The average Bonchev–Trinajstić information content (AvgIpc) is 2.79. The smallest absolute Gasteiger partial charge is 0.307 e. The van der Waals surface area contributed by atoms with Gasteiger partial charge in [-0.2, -0.15) is 0 Å².